The molecule has 1 aliphatic heterocycles. The second-order valence-corrected chi connectivity index (χ2v) is 10.3. The molecular weight excluding hydrogens is 457 g/mol. The lowest BCUT2D eigenvalue weighted by Gasteiger charge is -2.14. The highest BCUT2D eigenvalue weighted by Gasteiger charge is 2.21. The molecule has 8 nitrogen and oxygen atoms in total. The maximum Gasteiger partial charge on any atom is 0.208 e. The maximum atomic E-state index is 14.6. The average molecular weight is 482 g/mol. The lowest BCUT2D eigenvalue weighted by Crippen LogP contribution is -2.10. The molecule has 0 spiro atoms. The van der Waals surface area contributed by atoms with Crippen LogP contribution < -0.4 is 15.8 Å². The van der Waals surface area contributed by atoms with Crippen LogP contribution in [-0.2, 0) is 29.3 Å². The molecule has 4 aromatic rings. The third kappa shape index (κ3) is 3.88. The summed E-state index contributed by atoms with van der Waals surface area (Å²) in [4.78, 5) is 9.49. The second kappa shape index (κ2) is 8.37. The van der Waals surface area contributed by atoms with Gasteiger partial charge >= 0.3 is 0 Å². The number of hydrogen-bond acceptors (Lipinski definition) is 7. The fraction of sp³-hybridized carbons (Fsp3) is 0.250. The Morgan fingerprint density at radius 2 is 2.06 bits per heavy atom. The van der Waals surface area contributed by atoms with Crippen molar-refractivity contribution < 1.29 is 17.5 Å². The van der Waals surface area contributed by atoms with Crippen molar-refractivity contribution >= 4 is 21.4 Å². The molecule has 34 heavy (non-hydrogen) atoms. The van der Waals surface area contributed by atoms with E-state index in [4.69, 9.17) is 10.5 Å². The predicted molar refractivity (Wildman–Crippen MR) is 127 cm³/mol. The average Bonchev–Trinajstić information content (AvgIpc) is 3.45. The summed E-state index contributed by atoms with van der Waals surface area (Å²) in [5.41, 5.74) is 10.9. The standard InChI is InChI=1S/C24H24FN5O3S/c1-14-9-16(34(2,31)32)3-4-17(14)20-12-28-24(30-13-15(10-26)29-23(20)30)27-11-19-18-7-8-33-22(18)6-5-21(19)25/h3-6,9,12-13H,7-8,10-11,26H2,1-2H3,(H,27,28). The Balaban J connectivity index is 1.55. The van der Waals surface area contributed by atoms with Crippen LogP contribution in [0, 0.1) is 12.7 Å². The molecule has 2 aromatic carbocycles. The largest absolute Gasteiger partial charge is 0.493 e. The van der Waals surface area contributed by atoms with Gasteiger partial charge in [0, 0.05) is 54.9 Å². The second-order valence-electron chi connectivity index (χ2n) is 8.33. The summed E-state index contributed by atoms with van der Waals surface area (Å²) in [6.45, 7) is 2.87. The van der Waals surface area contributed by atoms with Gasteiger partial charge in [-0.15, -0.1) is 0 Å². The minimum absolute atomic E-state index is 0.234. The van der Waals surface area contributed by atoms with Crippen LogP contribution in [0.15, 0.2) is 47.6 Å². The summed E-state index contributed by atoms with van der Waals surface area (Å²) >= 11 is 0. The quantitative estimate of drug-likeness (QED) is 0.435. The third-order valence-electron chi connectivity index (χ3n) is 6.03. The van der Waals surface area contributed by atoms with Crippen LogP contribution in [0.5, 0.6) is 5.75 Å². The van der Waals surface area contributed by atoms with Crippen LogP contribution in [-0.4, -0.2) is 35.6 Å². The van der Waals surface area contributed by atoms with E-state index in [0.29, 0.717) is 41.6 Å². The predicted octanol–water partition coefficient (Wildman–Crippen LogP) is 3.25. The van der Waals surface area contributed by atoms with Crippen molar-refractivity contribution in [2.45, 2.75) is 31.3 Å². The lowest BCUT2D eigenvalue weighted by atomic mass is 10.0. The molecule has 0 saturated carbocycles. The number of hydrogen-bond donors (Lipinski definition) is 2. The number of halogens is 1. The van der Waals surface area contributed by atoms with E-state index in [0.717, 1.165) is 22.3 Å². The van der Waals surface area contributed by atoms with Crippen LogP contribution >= 0.6 is 0 Å². The Hall–Kier alpha value is -3.50. The zero-order chi connectivity index (χ0) is 24.0. The van der Waals surface area contributed by atoms with Gasteiger partial charge in [-0.3, -0.25) is 4.40 Å². The van der Waals surface area contributed by atoms with Crippen LogP contribution in [0.3, 0.4) is 0 Å². The number of nitrogens with one attached hydrogen (secondary N) is 1. The van der Waals surface area contributed by atoms with Crippen LogP contribution in [0.1, 0.15) is 22.4 Å². The lowest BCUT2D eigenvalue weighted by molar-refractivity contribution is 0.356. The van der Waals surface area contributed by atoms with E-state index in [1.165, 1.54) is 12.3 Å². The summed E-state index contributed by atoms with van der Waals surface area (Å²) in [6, 6.07) is 8.05. The number of nitrogens with two attached hydrogens (primary N) is 1. The number of ether oxygens (including phenoxy) is 1. The molecule has 176 valence electrons. The monoisotopic (exact) mass is 481 g/mol. The molecule has 5 rings (SSSR count). The van der Waals surface area contributed by atoms with E-state index in [-0.39, 0.29) is 23.8 Å². The Morgan fingerprint density at radius 1 is 1.24 bits per heavy atom. The summed E-state index contributed by atoms with van der Waals surface area (Å²) in [5, 5.41) is 3.23. The van der Waals surface area contributed by atoms with Gasteiger partial charge in [-0.2, -0.15) is 0 Å². The van der Waals surface area contributed by atoms with Gasteiger partial charge in [0.2, 0.25) is 5.95 Å². The topological polar surface area (TPSA) is 112 Å². The summed E-state index contributed by atoms with van der Waals surface area (Å²) < 4.78 is 45.8. The molecule has 0 fully saturated rings. The molecule has 10 heteroatoms. The number of rotatable bonds is 6. The first-order valence-electron chi connectivity index (χ1n) is 10.8. The van der Waals surface area contributed by atoms with Crippen molar-refractivity contribution in [3.63, 3.8) is 0 Å². The number of fused-ring (bicyclic) bond motifs is 2. The fourth-order valence-corrected chi connectivity index (χ4v) is 4.99. The SMILES string of the molecule is Cc1cc(S(C)(=O)=O)ccc1-c1cnc(NCc2c(F)ccc3c2CCO3)n2cc(CN)nc12. The number of sulfone groups is 1. The molecule has 0 aliphatic carbocycles. The van der Waals surface area contributed by atoms with Gasteiger partial charge in [0.15, 0.2) is 9.84 Å². The number of anilines is 1. The molecular formula is C24H24FN5O3S. The number of aryl methyl sites for hydroxylation is 1. The molecule has 2 aromatic heterocycles. The molecule has 0 atom stereocenters. The fourth-order valence-electron chi connectivity index (χ4n) is 4.29. The van der Waals surface area contributed by atoms with E-state index >= 15 is 0 Å². The van der Waals surface area contributed by atoms with Crippen molar-refractivity contribution in [1.82, 2.24) is 14.4 Å². The van der Waals surface area contributed by atoms with Crippen LogP contribution in [0.25, 0.3) is 16.8 Å². The van der Waals surface area contributed by atoms with Gasteiger partial charge in [-0.05, 0) is 42.3 Å². The van der Waals surface area contributed by atoms with Crippen LogP contribution in [0.4, 0.5) is 10.3 Å². The highest BCUT2D eigenvalue weighted by Crippen LogP contribution is 2.32. The van der Waals surface area contributed by atoms with Gasteiger partial charge in [0.1, 0.15) is 17.2 Å². The maximum absolute atomic E-state index is 14.6. The summed E-state index contributed by atoms with van der Waals surface area (Å²) in [6.07, 6.45) is 5.32. The van der Waals surface area contributed by atoms with E-state index in [1.54, 1.807) is 41.1 Å². The Bertz CT molecular complexity index is 1530. The molecule has 0 saturated heterocycles. The van der Waals surface area contributed by atoms with Gasteiger partial charge in [0.25, 0.3) is 0 Å². The van der Waals surface area contributed by atoms with Crippen molar-refractivity contribution in [3.8, 4) is 16.9 Å². The third-order valence-corrected chi connectivity index (χ3v) is 7.14. The zero-order valence-electron chi connectivity index (χ0n) is 18.8. The van der Waals surface area contributed by atoms with Crippen LogP contribution in [0.2, 0.25) is 0 Å². The van der Waals surface area contributed by atoms with Crippen molar-refractivity contribution in [3.05, 3.63) is 70.9 Å². The Kier molecular flexibility index (Phi) is 5.49. The molecule has 3 N–H and O–H groups in total. The Labute approximate surface area is 196 Å². The van der Waals surface area contributed by atoms with E-state index in [2.05, 4.69) is 15.3 Å². The first-order chi connectivity index (χ1) is 16.3. The minimum atomic E-state index is -3.32. The molecule has 0 radical (unpaired) electrons. The van der Waals surface area contributed by atoms with Crippen molar-refractivity contribution in [2.75, 3.05) is 18.2 Å². The molecule has 0 unspecified atom stereocenters. The molecule has 0 bridgehead atoms. The Morgan fingerprint density at radius 3 is 2.79 bits per heavy atom. The number of aromatic nitrogens is 3. The smallest absolute Gasteiger partial charge is 0.208 e. The van der Waals surface area contributed by atoms with Crippen molar-refractivity contribution in [1.29, 1.82) is 0 Å². The normalized spacial score (nSPS) is 13.2. The highest BCUT2D eigenvalue weighted by molar-refractivity contribution is 7.90. The van der Waals surface area contributed by atoms with Gasteiger partial charge in [-0.1, -0.05) is 6.07 Å². The number of nitrogens with zero attached hydrogens (tertiary/aromatic N) is 3. The van der Waals surface area contributed by atoms with Gasteiger partial charge < -0.3 is 15.8 Å². The molecule has 1 aliphatic rings. The van der Waals surface area contributed by atoms with E-state index < -0.39 is 9.84 Å². The van der Waals surface area contributed by atoms with Gasteiger partial charge in [-0.25, -0.2) is 22.8 Å². The minimum Gasteiger partial charge on any atom is -0.493 e. The summed E-state index contributed by atoms with van der Waals surface area (Å²) in [7, 11) is -3.32. The first kappa shape index (κ1) is 22.3. The van der Waals surface area contributed by atoms with E-state index in [1.807, 2.05) is 6.92 Å². The number of imidazole rings is 1. The molecule has 3 heterocycles. The van der Waals surface area contributed by atoms with Gasteiger partial charge in [0.05, 0.1) is 17.2 Å². The molecule has 0 amide bonds. The number of benzene rings is 2. The zero-order valence-corrected chi connectivity index (χ0v) is 19.6. The van der Waals surface area contributed by atoms with E-state index in [9.17, 15) is 12.8 Å². The summed E-state index contributed by atoms with van der Waals surface area (Å²) in [5.74, 6) is 0.916. The van der Waals surface area contributed by atoms with Crippen molar-refractivity contribution in [2.24, 2.45) is 5.73 Å². The first-order valence-corrected chi connectivity index (χ1v) is 12.7. The highest BCUT2D eigenvalue weighted by atomic mass is 32.2.